The van der Waals surface area contributed by atoms with E-state index in [1.807, 2.05) is 6.92 Å². The molecular formula is C11H17N3O3S. The maximum absolute atomic E-state index is 10.8. The zero-order valence-electron chi connectivity index (χ0n) is 10.3. The summed E-state index contributed by atoms with van der Waals surface area (Å²) in [6.45, 7) is 3.38. The zero-order valence-corrected chi connectivity index (χ0v) is 11.2. The highest BCUT2D eigenvalue weighted by Crippen LogP contribution is 2.21. The van der Waals surface area contributed by atoms with Gasteiger partial charge >= 0.3 is 5.97 Å². The van der Waals surface area contributed by atoms with Crippen LogP contribution in [-0.2, 0) is 17.8 Å². The number of carbonyl (C=O) groups is 1. The van der Waals surface area contributed by atoms with Crippen molar-refractivity contribution in [2.75, 3.05) is 18.1 Å². The van der Waals surface area contributed by atoms with Crippen molar-refractivity contribution in [3.8, 4) is 0 Å². The van der Waals surface area contributed by atoms with Gasteiger partial charge in [-0.05, 0) is 0 Å². The topological polar surface area (TPSA) is 79.5 Å². The molecule has 1 fully saturated rings. The van der Waals surface area contributed by atoms with Crippen molar-refractivity contribution in [3.63, 3.8) is 0 Å². The number of aromatic nitrogens is 2. The van der Waals surface area contributed by atoms with Crippen LogP contribution in [0.15, 0.2) is 4.42 Å². The van der Waals surface area contributed by atoms with Crippen LogP contribution in [0.25, 0.3) is 0 Å². The van der Waals surface area contributed by atoms with Gasteiger partial charge in [-0.1, -0.05) is 6.92 Å². The van der Waals surface area contributed by atoms with Crippen molar-refractivity contribution in [2.45, 2.75) is 32.4 Å². The summed E-state index contributed by atoms with van der Waals surface area (Å²) in [4.78, 5) is 13.0. The summed E-state index contributed by atoms with van der Waals surface area (Å²) in [6, 6.07) is 0.0539. The van der Waals surface area contributed by atoms with Gasteiger partial charge in [-0.25, -0.2) is 0 Å². The van der Waals surface area contributed by atoms with Gasteiger partial charge in [-0.15, -0.1) is 10.2 Å². The number of carboxylic acid groups (broad SMARTS) is 1. The Kier molecular flexibility index (Phi) is 4.60. The van der Waals surface area contributed by atoms with Gasteiger partial charge in [0.25, 0.3) is 0 Å². The van der Waals surface area contributed by atoms with Gasteiger partial charge in [0.1, 0.15) is 0 Å². The van der Waals surface area contributed by atoms with Crippen LogP contribution in [0.5, 0.6) is 0 Å². The molecule has 0 amide bonds. The molecule has 1 unspecified atom stereocenters. The first kappa shape index (κ1) is 13.4. The van der Waals surface area contributed by atoms with E-state index in [2.05, 4.69) is 15.1 Å². The minimum absolute atomic E-state index is 0.0539. The summed E-state index contributed by atoms with van der Waals surface area (Å²) in [6.07, 6.45) is 0.892. The predicted octanol–water partition coefficient (Wildman–Crippen LogP) is 1.02. The van der Waals surface area contributed by atoms with E-state index < -0.39 is 5.97 Å². The molecule has 1 aromatic heterocycles. The first-order chi connectivity index (χ1) is 8.69. The van der Waals surface area contributed by atoms with Crippen LogP contribution in [0, 0.1) is 0 Å². The van der Waals surface area contributed by atoms with Gasteiger partial charge < -0.3 is 9.52 Å². The third-order valence-corrected chi connectivity index (χ3v) is 4.00. The summed E-state index contributed by atoms with van der Waals surface area (Å²) < 4.78 is 5.47. The third kappa shape index (κ3) is 3.46. The summed E-state index contributed by atoms with van der Waals surface area (Å²) in [5.41, 5.74) is 0. The van der Waals surface area contributed by atoms with E-state index in [1.165, 1.54) is 0 Å². The lowest BCUT2D eigenvalue weighted by molar-refractivity contribution is -0.138. The molecule has 1 aliphatic heterocycles. The normalized spacial score (nSPS) is 21.1. The molecule has 0 radical (unpaired) electrons. The van der Waals surface area contributed by atoms with Crippen LogP contribution in [0.4, 0.5) is 0 Å². The zero-order chi connectivity index (χ0) is 13.0. The fourth-order valence-electron chi connectivity index (χ4n) is 1.96. The van der Waals surface area contributed by atoms with Crippen molar-refractivity contribution in [3.05, 3.63) is 11.8 Å². The summed E-state index contributed by atoms with van der Waals surface area (Å²) >= 11 is 1.80. The molecule has 18 heavy (non-hydrogen) atoms. The Morgan fingerprint density at radius 3 is 3.00 bits per heavy atom. The van der Waals surface area contributed by atoms with E-state index in [0.29, 0.717) is 18.3 Å². The maximum atomic E-state index is 10.8. The highest BCUT2D eigenvalue weighted by molar-refractivity contribution is 7.99. The van der Waals surface area contributed by atoms with Gasteiger partial charge in [0.15, 0.2) is 0 Å². The molecule has 2 heterocycles. The lowest BCUT2D eigenvalue weighted by atomic mass is 10.2. The first-order valence-electron chi connectivity index (χ1n) is 6.04. The van der Waals surface area contributed by atoms with E-state index >= 15 is 0 Å². The minimum atomic E-state index is -0.757. The number of hydrogen-bond donors (Lipinski definition) is 1. The number of aryl methyl sites for hydroxylation is 1. The van der Waals surface area contributed by atoms with Crippen molar-refractivity contribution >= 4 is 17.7 Å². The molecule has 1 saturated heterocycles. The third-order valence-electron chi connectivity index (χ3n) is 2.91. The summed E-state index contributed by atoms with van der Waals surface area (Å²) in [7, 11) is 0. The van der Waals surface area contributed by atoms with Gasteiger partial charge in [0.2, 0.25) is 11.8 Å². The Morgan fingerprint density at radius 1 is 1.56 bits per heavy atom. The van der Waals surface area contributed by atoms with Crippen LogP contribution in [0.3, 0.4) is 0 Å². The van der Waals surface area contributed by atoms with Gasteiger partial charge in [0, 0.05) is 30.5 Å². The SMILES string of the molecule is CCc1nnc(CN2CCSCC2CC(=O)O)o1. The molecular weight excluding hydrogens is 254 g/mol. The monoisotopic (exact) mass is 271 g/mol. The second-order valence-corrected chi connectivity index (χ2v) is 5.39. The number of carboxylic acids is 1. The fraction of sp³-hybridized carbons (Fsp3) is 0.727. The maximum Gasteiger partial charge on any atom is 0.304 e. The molecule has 1 N–H and O–H groups in total. The van der Waals surface area contributed by atoms with Gasteiger partial charge in [-0.3, -0.25) is 9.69 Å². The lowest BCUT2D eigenvalue weighted by Crippen LogP contribution is -2.43. The standard InChI is InChI=1S/C11H17N3O3S/c1-2-9-12-13-10(17-9)6-14-3-4-18-7-8(14)5-11(15)16/h8H,2-7H2,1H3,(H,15,16). The molecule has 0 aliphatic carbocycles. The van der Waals surface area contributed by atoms with Crippen LogP contribution < -0.4 is 0 Å². The smallest absolute Gasteiger partial charge is 0.304 e. The van der Waals surface area contributed by atoms with E-state index in [1.54, 1.807) is 11.8 Å². The first-order valence-corrected chi connectivity index (χ1v) is 7.19. The molecule has 2 rings (SSSR count). The van der Waals surface area contributed by atoms with Crippen LogP contribution in [-0.4, -0.2) is 50.3 Å². The number of hydrogen-bond acceptors (Lipinski definition) is 6. The highest BCUT2D eigenvalue weighted by atomic mass is 32.2. The Bertz CT molecular complexity index is 410. The van der Waals surface area contributed by atoms with Crippen LogP contribution in [0.2, 0.25) is 0 Å². The summed E-state index contributed by atoms with van der Waals surface area (Å²) in [5, 5.41) is 16.8. The molecule has 7 heteroatoms. The average molecular weight is 271 g/mol. The Balaban J connectivity index is 1.98. The molecule has 0 bridgehead atoms. The van der Waals surface area contributed by atoms with E-state index in [-0.39, 0.29) is 12.5 Å². The van der Waals surface area contributed by atoms with Gasteiger partial charge in [-0.2, -0.15) is 11.8 Å². The van der Waals surface area contributed by atoms with Crippen molar-refractivity contribution in [1.82, 2.24) is 15.1 Å². The van der Waals surface area contributed by atoms with E-state index in [0.717, 1.165) is 24.5 Å². The number of rotatable bonds is 5. The van der Waals surface area contributed by atoms with E-state index in [4.69, 9.17) is 9.52 Å². The molecule has 1 aromatic rings. The van der Waals surface area contributed by atoms with Crippen LogP contribution in [0.1, 0.15) is 25.1 Å². The Morgan fingerprint density at radius 2 is 2.33 bits per heavy atom. The van der Waals surface area contributed by atoms with Gasteiger partial charge in [0.05, 0.1) is 13.0 Å². The molecule has 1 atom stereocenters. The molecule has 0 aromatic carbocycles. The minimum Gasteiger partial charge on any atom is -0.481 e. The van der Waals surface area contributed by atoms with Crippen LogP contribution >= 0.6 is 11.8 Å². The van der Waals surface area contributed by atoms with E-state index in [9.17, 15) is 4.79 Å². The second kappa shape index (κ2) is 6.19. The molecule has 6 nitrogen and oxygen atoms in total. The number of thioether (sulfide) groups is 1. The number of nitrogens with zero attached hydrogens (tertiary/aromatic N) is 3. The molecule has 1 aliphatic rings. The Hall–Kier alpha value is -1.08. The quantitative estimate of drug-likeness (QED) is 0.856. The predicted molar refractivity (Wildman–Crippen MR) is 67.5 cm³/mol. The molecule has 0 saturated carbocycles. The Labute approximate surface area is 110 Å². The highest BCUT2D eigenvalue weighted by Gasteiger charge is 2.26. The number of aliphatic carboxylic acids is 1. The van der Waals surface area contributed by atoms with Crippen molar-refractivity contribution in [1.29, 1.82) is 0 Å². The second-order valence-electron chi connectivity index (χ2n) is 4.24. The fourth-order valence-corrected chi connectivity index (χ4v) is 3.09. The molecule has 0 spiro atoms. The molecule has 100 valence electrons. The van der Waals surface area contributed by atoms with Crippen molar-refractivity contribution < 1.29 is 14.3 Å². The summed E-state index contributed by atoms with van der Waals surface area (Å²) in [5.74, 6) is 2.32. The van der Waals surface area contributed by atoms with Crippen molar-refractivity contribution in [2.24, 2.45) is 0 Å². The largest absolute Gasteiger partial charge is 0.481 e. The average Bonchev–Trinajstić information content (AvgIpc) is 2.79. The lowest BCUT2D eigenvalue weighted by Gasteiger charge is -2.33.